The Labute approximate surface area is 178 Å². The maximum absolute atomic E-state index is 12.5. The SMILES string of the molecule is COCCSc1ccc(C(C)NC(=O)NCCNc2ccc(C(F)(F)F)cn2)cc1. The zero-order chi connectivity index (χ0) is 22.0. The molecule has 6 nitrogen and oxygen atoms in total. The molecule has 1 unspecified atom stereocenters. The molecule has 0 aliphatic carbocycles. The van der Waals surface area contributed by atoms with E-state index in [-0.39, 0.29) is 18.6 Å². The van der Waals surface area contributed by atoms with E-state index in [4.69, 9.17) is 4.74 Å². The molecule has 30 heavy (non-hydrogen) atoms. The first kappa shape index (κ1) is 23.8. The number of nitrogens with zero attached hydrogens (tertiary/aromatic N) is 1. The van der Waals surface area contributed by atoms with Gasteiger partial charge in [0.2, 0.25) is 0 Å². The van der Waals surface area contributed by atoms with Crippen molar-refractivity contribution in [2.24, 2.45) is 0 Å². The van der Waals surface area contributed by atoms with Gasteiger partial charge in [-0.05, 0) is 36.8 Å². The minimum atomic E-state index is -4.41. The molecule has 2 amide bonds. The lowest BCUT2D eigenvalue weighted by molar-refractivity contribution is -0.137. The van der Waals surface area contributed by atoms with Gasteiger partial charge >= 0.3 is 12.2 Å². The summed E-state index contributed by atoms with van der Waals surface area (Å²) >= 11 is 1.70. The van der Waals surface area contributed by atoms with Crippen molar-refractivity contribution in [3.05, 3.63) is 53.7 Å². The normalized spacial score (nSPS) is 12.3. The van der Waals surface area contributed by atoms with Gasteiger partial charge in [0.15, 0.2) is 0 Å². The zero-order valence-electron chi connectivity index (χ0n) is 16.8. The molecule has 0 saturated heterocycles. The lowest BCUT2D eigenvalue weighted by atomic mass is 10.1. The van der Waals surface area contributed by atoms with E-state index < -0.39 is 11.7 Å². The van der Waals surface area contributed by atoms with Crippen molar-refractivity contribution in [3.63, 3.8) is 0 Å². The summed E-state index contributed by atoms with van der Waals surface area (Å²) in [5, 5.41) is 8.40. The Morgan fingerprint density at radius 2 is 1.90 bits per heavy atom. The predicted octanol–water partition coefficient (Wildman–Crippen LogP) is 4.31. The highest BCUT2D eigenvalue weighted by Gasteiger charge is 2.30. The third-order valence-corrected chi connectivity index (χ3v) is 5.07. The van der Waals surface area contributed by atoms with Gasteiger partial charge < -0.3 is 20.7 Å². The number of amides is 2. The van der Waals surface area contributed by atoms with Gasteiger partial charge in [0.1, 0.15) is 5.82 Å². The second kappa shape index (κ2) is 11.7. The fraction of sp³-hybridized carbons (Fsp3) is 0.400. The van der Waals surface area contributed by atoms with Crippen LogP contribution >= 0.6 is 11.8 Å². The topological polar surface area (TPSA) is 75.3 Å². The first-order chi connectivity index (χ1) is 14.3. The third-order valence-electron chi connectivity index (χ3n) is 4.09. The molecule has 1 aromatic carbocycles. The number of aromatic nitrogens is 1. The Hall–Kier alpha value is -2.46. The number of rotatable bonds is 10. The Balaban J connectivity index is 1.69. The number of methoxy groups -OCH3 is 1. The number of pyridine rings is 1. The summed E-state index contributed by atoms with van der Waals surface area (Å²) in [5.41, 5.74) is 0.175. The van der Waals surface area contributed by atoms with Crippen LogP contribution in [0.25, 0.3) is 0 Å². The molecule has 0 saturated carbocycles. The number of hydrogen-bond donors (Lipinski definition) is 3. The average molecular weight is 443 g/mol. The molecule has 164 valence electrons. The maximum Gasteiger partial charge on any atom is 0.417 e. The fourth-order valence-electron chi connectivity index (χ4n) is 2.46. The third kappa shape index (κ3) is 8.11. The quantitative estimate of drug-likeness (QED) is 0.378. The highest BCUT2D eigenvalue weighted by Crippen LogP contribution is 2.28. The number of nitrogens with one attached hydrogen (secondary N) is 3. The summed E-state index contributed by atoms with van der Waals surface area (Å²) in [5.74, 6) is 1.18. The van der Waals surface area contributed by atoms with Crippen molar-refractivity contribution in [2.75, 3.05) is 37.9 Å². The van der Waals surface area contributed by atoms with Gasteiger partial charge in [-0.15, -0.1) is 11.8 Å². The lowest BCUT2D eigenvalue weighted by Gasteiger charge is -2.16. The van der Waals surface area contributed by atoms with E-state index >= 15 is 0 Å². The van der Waals surface area contributed by atoms with Crippen molar-refractivity contribution >= 4 is 23.6 Å². The van der Waals surface area contributed by atoms with E-state index in [0.29, 0.717) is 19.0 Å². The van der Waals surface area contributed by atoms with Crippen molar-refractivity contribution in [2.45, 2.75) is 24.0 Å². The molecule has 0 aliphatic rings. The fourth-order valence-corrected chi connectivity index (χ4v) is 3.27. The van der Waals surface area contributed by atoms with E-state index in [2.05, 4.69) is 20.9 Å². The minimum absolute atomic E-state index is 0.174. The van der Waals surface area contributed by atoms with Crippen LogP contribution < -0.4 is 16.0 Å². The summed E-state index contributed by atoms with van der Waals surface area (Å²) in [6.07, 6.45) is -3.64. The Bertz CT molecular complexity index is 786. The zero-order valence-corrected chi connectivity index (χ0v) is 17.6. The average Bonchev–Trinajstić information content (AvgIpc) is 2.71. The molecule has 3 N–H and O–H groups in total. The molecular weight excluding hydrogens is 417 g/mol. The molecule has 0 fully saturated rings. The van der Waals surface area contributed by atoms with Crippen LogP contribution in [0.1, 0.15) is 24.1 Å². The Kier molecular flexibility index (Phi) is 9.25. The molecule has 1 aromatic heterocycles. The molecule has 10 heteroatoms. The van der Waals surface area contributed by atoms with Crippen molar-refractivity contribution < 1.29 is 22.7 Å². The monoisotopic (exact) mass is 442 g/mol. The maximum atomic E-state index is 12.5. The number of ether oxygens (including phenoxy) is 1. The number of thioether (sulfide) groups is 1. The van der Waals surface area contributed by atoms with Crippen molar-refractivity contribution in [1.29, 1.82) is 0 Å². The minimum Gasteiger partial charge on any atom is -0.384 e. The first-order valence-corrected chi connectivity index (χ1v) is 10.3. The van der Waals surface area contributed by atoms with Crippen LogP contribution in [0, 0.1) is 0 Å². The summed E-state index contributed by atoms with van der Waals surface area (Å²) in [4.78, 5) is 16.9. The van der Waals surface area contributed by atoms with Gasteiger partial charge in [0, 0.05) is 37.0 Å². The van der Waals surface area contributed by atoms with Crippen LogP contribution in [0.15, 0.2) is 47.5 Å². The Morgan fingerprint density at radius 3 is 2.50 bits per heavy atom. The van der Waals surface area contributed by atoms with E-state index in [1.165, 1.54) is 6.07 Å². The van der Waals surface area contributed by atoms with Crippen LogP contribution in [-0.4, -0.2) is 43.6 Å². The van der Waals surface area contributed by atoms with Crippen molar-refractivity contribution in [1.82, 2.24) is 15.6 Å². The second-order valence-electron chi connectivity index (χ2n) is 6.39. The molecule has 1 atom stereocenters. The predicted molar refractivity (Wildman–Crippen MR) is 112 cm³/mol. The Morgan fingerprint density at radius 1 is 1.17 bits per heavy atom. The van der Waals surface area contributed by atoms with E-state index in [1.54, 1.807) is 18.9 Å². The molecule has 1 heterocycles. The number of carbonyl (C=O) groups excluding carboxylic acids is 1. The molecule has 2 rings (SSSR count). The highest BCUT2D eigenvalue weighted by atomic mass is 32.2. The number of benzene rings is 1. The molecule has 0 bridgehead atoms. The van der Waals surface area contributed by atoms with Gasteiger partial charge in [0.05, 0.1) is 18.2 Å². The molecule has 0 radical (unpaired) electrons. The smallest absolute Gasteiger partial charge is 0.384 e. The number of alkyl halides is 3. The van der Waals surface area contributed by atoms with Gasteiger partial charge in [-0.2, -0.15) is 13.2 Å². The molecular formula is C20H25F3N4O2S. The van der Waals surface area contributed by atoms with Crippen LogP contribution in [0.5, 0.6) is 0 Å². The van der Waals surface area contributed by atoms with E-state index in [9.17, 15) is 18.0 Å². The van der Waals surface area contributed by atoms with Crippen LogP contribution in [-0.2, 0) is 10.9 Å². The van der Waals surface area contributed by atoms with Crippen LogP contribution in [0.4, 0.5) is 23.8 Å². The first-order valence-electron chi connectivity index (χ1n) is 9.33. The standard InChI is InChI=1S/C20H25F3N4O2S/c1-14(15-3-6-17(7-4-15)30-12-11-29-2)27-19(28)25-10-9-24-18-8-5-16(13-26-18)20(21,22)23/h3-8,13-14H,9-12H2,1-2H3,(H,24,26)(H2,25,27,28). The number of urea groups is 1. The molecule has 0 aliphatic heterocycles. The van der Waals surface area contributed by atoms with Gasteiger partial charge in [-0.3, -0.25) is 0 Å². The second-order valence-corrected chi connectivity index (χ2v) is 7.56. The number of hydrogen-bond acceptors (Lipinski definition) is 5. The van der Waals surface area contributed by atoms with Crippen LogP contribution in [0.2, 0.25) is 0 Å². The summed E-state index contributed by atoms with van der Waals surface area (Å²) in [7, 11) is 1.67. The summed E-state index contributed by atoms with van der Waals surface area (Å²) in [6.45, 7) is 3.19. The number of anilines is 1. The van der Waals surface area contributed by atoms with Gasteiger partial charge in [0.25, 0.3) is 0 Å². The number of carbonyl (C=O) groups is 1. The highest BCUT2D eigenvalue weighted by molar-refractivity contribution is 7.99. The van der Waals surface area contributed by atoms with Gasteiger partial charge in [-0.25, -0.2) is 9.78 Å². The van der Waals surface area contributed by atoms with Crippen LogP contribution in [0.3, 0.4) is 0 Å². The molecule has 0 spiro atoms. The number of halogens is 3. The summed E-state index contributed by atoms with van der Waals surface area (Å²) < 4.78 is 42.5. The van der Waals surface area contributed by atoms with Gasteiger partial charge in [-0.1, -0.05) is 12.1 Å². The summed E-state index contributed by atoms with van der Waals surface area (Å²) in [6, 6.07) is 9.66. The van der Waals surface area contributed by atoms with E-state index in [1.807, 2.05) is 31.2 Å². The molecule has 2 aromatic rings. The van der Waals surface area contributed by atoms with Crippen molar-refractivity contribution in [3.8, 4) is 0 Å². The van der Waals surface area contributed by atoms with E-state index in [0.717, 1.165) is 28.5 Å². The lowest BCUT2D eigenvalue weighted by Crippen LogP contribution is -2.39. The largest absolute Gasteiger partial charge is 0.417 e.